The van der Waals surface area contributed by atoms with Crippen molar-refractivity contribution in [1.82, 2.24) is 0 Å². The Morgan fingerprint density at radius 2 is 1.18 bits per heavy atom. The summed E-state index contributed by atoms with van der Waals surface area (Å²) in [5, 5.41) is 0. The van der Waals surface area contributed by atoms with Gasteiger partial charge in [0.2, 0.25) is 0 Å². The molecule has 0 atom stereocenters. The van der Waals surface area contributed by atoms with Crippen LogP contribution in [0.5, 0.6) is 0 Å². The molecule has 0 amide bonds. The minimum atomic E-state index is -0.346. The van der Waals surface area contributed by atoms with Crippen molar-refractivity contribution in [3.8, 4) is 0 Å². The molecule has 0 N–H and O–H groups in total. The van der Waals surface area contributed by atoms with Crippen LogP contribution in [0.2, 0.25) is 0 Å². The molecule has 0 aromatic rings. The molecule has 0 nitrogen and oxygen atoms in total. The van der Waals surface area contributed by atoms with Gasteiger partial charge in [0, 0.05) is 0 Å². The zero-order valence-corrected chi connectivity index (χ0v) is 9.76. The zero-order chi connectivity index (χ0) is 8.36. The summed E-state index contributed by atoms with van der Waals surface area (Å²) in [7, 11) is 9.71. The number of hydrogen-bond donors (Lipinski definition) is 0. The summed E-state index contributed by atoms with van der Waals surface area (Å²) < 4.78 is 0. The third-order valence-electron chi connectivity index (χ3n) is 1.64. The summed E-state index contributed by atoms with van der Waals surface area (Å²) in [6, 6.07) is 0. The first-order chi connectivity index (χ1) is 5.41. The van der Waals surface area contributed by atoms with E-state index in [-0.39, 0.29) is 15.1 Å². The van der Waals surface area contributed by atoms with Crippen molar-refractivity contribution in [1.29, 1.82) is 0 Å². The van der Waals surface area contributed by atoms with Crippen LogP contribution in [0.1, 0.15) is 38.5 Å². The molecule has 1 saturated carbocycles. The van der Waals surface area contributed by atoms with Gasteiger partial charge in [-0.05, 0) is 25.7 Å². The topological polar surface area (TPSA) is 0 Å². The van der Waals surface area contributed by atoms with Crippen molar-refractivity contribution in [2.75, 3.05) is 0 Å². The van der Waals surface area contributed by atoms with E-state index in [0.717, 1.165) is 0 Å². The van der Waals surface area contributed by atoms with Gasteiger partial charge in [-0.2, -0.15) is 0 Å². The summed E-state index contributed by atoms with van der Waals surface area (Å²) >= 11 is -0.346. The van der Waals surface area contributed by atoms with Crippen LogP contribution in [0, 0.1) is 12.8 Å². The molecule has 0 aromatic carbocycles. The van der Waals surface area contributed by atoms with Crippen molar-refractivity contribution < 1.29 is 15.1 Å². The SMILES string of the molecule is [CH]1CC[CH]CCCC1.[Cl][Ru][Cl]. The number of rotatable bonds is 0. The summed E-state index contributed by atoms with van der Waals surface area (Å²) in [4.78, 5) is 0. The van der Waals surface area contributed by atoms with Crippen LogP contribution < -0.4 is 0 Å². The standard InChI is InChI=1S/C8H14.2ClH.Ru/c1-2-4-6-8-7-5-3-1;;;/h1,6H,2-5,7-8H2;2*1H;/q;;;+2/p-2. The van der Waals surface area contributed by atoms with Crippen molar-refractivity contribution in [3.05, 3.63) is 12.8 Å². The van der Waals surface area contributed by atoms with E-state index >= 15 is 0 Å². The predicted octanol–water partition coefficient (Wildman–Crippen LogP) is 4.13. The molecule has 1 rings (SSSR count). The van der Waals surface area contributed by atoms with Gasteiger partial charge >= 0.3 is 34.5 Å². The first-order valence-electron chi connectivity index (χ1n) is 3.90. The monoisotopic (exact) mass is 282 g/mol. The van der Waals surface area contributed by atoms with Crippen molar-refractivity contribution in [2.45, 2.75) is 38.5 Å². The van der Waals surface area contributed by atoms with Gasteiger partial charge in [-0.3, -0.25) is 0 Å². The molecule has 0 heterocycles. The molecule has 11 heavy (non-hydrogen) atoms. The van der Waals surface area contributed by atoms with Crippen LogP contribution in [-0.4, -0.2) is 0 Å². The molecule has 0 unspecified atom stereocenters. The van der Waals surface area contributed by atoms with E-state index in [9.17, 15) is 0 Å². The first-order valence-corrected chi connectivity index (χ1v) is 8.38. The van der Waals surface area contributed by atoms with Gasteiger partial charge < -0.3 is 0 Å². The maximum absolute atomic E-state index is 4.85. The molecular weight excluding hydrogens is 268 g/mol. The molecule has 0 aliphatic heterocycles. The molecule has 0 aromatic heterocycles. The van der Waals surface area contributed by atoms with E-state index in [1.54, 1.807) is 0 Å². The average molecular weight is 282 g/mol. The fourth-order valence-corrected chi connectivity index (χ4v) is 1.10. The van der Waals surface area contributed by atoms with Gasteiger partial charge in [0.1, 0.15) is 0 Å². The molecule has 1 aliphatic carbocycles. The van der Waals surface area contributed by atoms with Crippen LogP contribution >= 0.6 is 19.4 Å². The second kappa shape index (κ2) is 11.2. The average Bonchev–Trinajstić information content (AvgIpc) is 1.86. The van der Waals surface area contributed by atoms with Crippen LogP contribution in [0.3, 0.4) is 0 Å². The predicted molar refractivity (Wildman–Crippen MR) is 48.0 cm³/mol. The van der Waals surface area contributed by atoms with Crippen LogP contribution in [-0.2, 0) is 15.1 Å². The normalized spacial score (nSPS) is 19.5. The summed E-state index contributed by atoms with van der Waals surface area (Å²) in [5.41, 5.74) is 0. The molecule has 1 aliphatic rings. The Kier molecular flexibility index (Phi) is 12.4. The molecule has 0 saturated heterocycles. The van der Waals surface area contributed by atoms with Gasteiger partial charge in [-0.15, -0.1) is 0 Å². The van der Waals surface area contributed by atoms with Crippen molar-refractivity contribution in [3.63, 3.8) is 0 Å². The van der Waals surface area contributed by atoms with Crippen molar-refractivity contribution >= 4 is 19.4 Å². The Balaban J connectivity index is 0.000000292. The Labute approximate surface area is 85.7 Å². The molecule has 0 bridgehead atoms. The van der Waals surface area contributed by atoms with Gasteiger partial charge in [0.15, 0.2) is 0 Å². The van der Waals surface area contributed by atoms with Crippen LogP contribution in [0.4, 0.5) is 0 Å². The maximum atomic E-state index is 4.85. The second-order valence-corrected chi connectivity index (χ2v) is 5.13. The van der Waals surface area contributed by atoms with Crippen molar-refractivity contribution in [2.24, 2.45) is 0 Å². The van der Waals surface area contributed by atoms with Gasteiger partial charge in [-0.1, -0.05) is 25.7 Å². The van der Waals surface area contributed by atoms with Gasteiger partial charge in [-0.25, -0.2) is 0 Å². The Morgan fingerprint density at radius 3 is 1.55 bits per heavy atom. The number of hydrogen-bond acceptors (Lipinski definition) is 0. The minimum absolute atomic E-state index is 0.346. The first kappa shape index (κ1) is 12.2. The quantitative estimate of drug-likeness (QED) is 0.586. The van der Waals surface area contributed by atoms with Gasteiger partial charge in [0.25, 0.3) is 0 Å². The Morgan fingerprint density at radius 1 is 0.818 bits per heavy atom. The summed E-state index contributed by atoms with van der Waals surface area (Å²) in [5.74, 6) is 0. The van der Waals surface area contributed by atoms with Crippen LogP contribution in [0.25, 0.3) is 0 Å². The molecular formula is C8H14Cl2Ru. The van der Waals surface area contributed by atoms with Crippen LogP contribution in [0.15, 0.2) is 0 Å². The molecule has 68 valence electrons. The van der Waals surface area contributed by atoms with E-state index in [2.05, 4.69) is 12.8 Å². The summed E-state index contributed by atoms with van der Waals surface area (Å²) in [6.07, 6.45) is 13.0. The molecule has 2 radical (unpaired) electrons. The zero-order valence-electron chi connectivity index (χ0n) is 6.51. The Bertz CT molecular complexity index is 45.1. The molecule has 3 heteroatoms. The molecule has 0 spiro atoms. The van der Waals surface area contributed by atoms with E-state index in [0.29, 0.717) is 0 Å². The fraction of sp³-hybridized carbons (Fsp3) is 0.750. The fourth-order valence-electron chi connectivity index (χ4n) is 1.10. The summed E-state index contributed by atoms with van der Waals surface area (Å²) in [6.45, 7) is 0. The molecule has 1 fully saturated rings. The number of halogens is 2. The third-order valence-corrected chi connectivity index (χ3v) is 1.64. The second-order valence-electron chi connectivity index (χ2n) is 2.49. The van der Waals surface area contributed by atoms with E-state index in [1.165, 1.54) is 38.5 Å². The van der Waals surface area contributed by atoms with E-state index in [4.69, 9.17) is 19.4 Å². The Hall–Kier alpha value is 1.20. The van der Waals surface area contributed by atoms with E-state index < -0.39 is 0 Å². The van der Waals surface area contributed by atoms with E-state index in [1.807, 2.05) is 0 Å². The third kappa shape index (κ3) is 11.2. The van der Waals surface area contributed by atoms with Gasteiger partial charge in [0.05, 0.1) is 0 Å².